The van der Waals surface area contributed by atoms with Crippen molar-refractivity contribution in [2.24, 2.45) is 10.9 Å². The van der Waals surface area contributed by atoms with Crippen molar-refractivity contribution in [3.8, 4) is 0 Å². The van der Waals surface area contributed by atoms with Gasteiger partial charge in [-0.25, -0.2) is 0 Å². The molecule has 18 heavy (non-hydrogen) atoms. The predicted octanol–water partition coefficient (Wildman–Crippen LogP) is 2.16. The monoisotopic (exact) mass is 261 g/mol. The van der Waals surface area contributed by atoms with Gasteiger partial charge in [0, 0.05) is 37.2 Å². The molecule has 6 heteroatoms. The topological polar surface area (TPSA) is 27.6 Å². The molecule has 0 bridgehead atoms. The van der Waals surface area contributed by atoms with Gasteiger partial charge in [0.2, 0.25) is 0 Å². The average molecular weight is 261 g/mol. The summed E-state index contributed by atoms with van der Waals surface area (Å²) in [5, 5.41) is 3.30. The molecule has 2 heterocycles. The molecule has 1 fully saturated rings. The van der Waals surface area contributed by atoms with E-state index in [1.807, 2.05) is 6.21 Å². The predicted molar refractivity (Wildman–Crippen MR) is 64.4 cm³/mol. The summed E-state index contributed by atoms with van der Waals surface area (Å²) >= 11 is 0. The maximum atomic E-state index is 12.3. The summed E-state index contributed by atoms with van der Waals surface area (Å²) in [5.41, 5.74) is 1.03. The average Bonchev–Trinajstić information content (AvgIpc) is 2.62. The highest BCUT2D eigenvalue weighted by molar-refractivity contribution is 5.63. The molecule has 2 aliphatic rings. The Morgan fingerprint density at radius 1 is 1.50 bits per heavy atom. The Kier molecular flexibility index (Phi) is 3.94. The van der Waals surface area contributed by atoms with Crippen LogP contribution in [0.3, 0.4) is 0 Å². The molecule has 0 aromatic heterocycles. The van der Waals surface area contributed by atoms with Crippen LogP contribution in [0.25, 0.3) is 0 Å². The molecule has 1 N–H and O–H groups in total. The van der Waals surface area contributed by atoms with E-state index in [1.165, 1.54) is 4.90 Å². The van der Waals surface area contributed by atoms with Crippen LogP contribution >= 0.6 is 0 Å². The largest absolute Gasteiger partial charge is 0.401 e. The van der Waals surface area contributed by atoms with Gasteiger partial charge < -0.3 is 5.32 Å². The number of aliphatic imine (C=N–C) groups is 1. The number of nitrogens with one attached hydrogen (secondary N) is 1. The Morgan fingerprint density at radius 2 is 2.28 bits per heavy atom. The SMILES string of the molecule is CC1C=NC=C(NC2CCN(CC(F)(F)F)C2)C1. The first-order chi connectivity index (χ1) is 8.42. The van der Waals surface area contributed by atoms with Crippen LogP contribution in [0.5, 0.6) is 0 Å². The molecule has 2 aliphatic heterocycles. The third-order valence-corrected chi connectivity index (χ3v) is 3.18. The second-order valence-electron chi connectivity index (χ2n) is 5.11. The lowest BCUT2D eigenvalue weighted by Gasteiger charge is -2.21. The standard InChI is InChI=1S/C12H18F3N3/c1-9-4-11(6-16-5-9)17-10-2-3-18(7-10)8-12(13,14)15/h5-6,9-10,17H,2-4,7-8H2,1H3. The number of hydrogen-bond donors (Lipinski definition) is 1. The minimum Gasteiger partial charge on any atom is -0.383 e. The van der Waals surface area contributed by atoms with Crippen LogP contribution in [-0.2, 0) is 0 Å². The molecule has 2 rings (SSSR count). The van der Waals surface area contributed by atoms with E-state index in [0.29, 0.717) is 19.0 Å². The Hall–Kier alpha value is -1.04. The summed E-state index contributed by atoms with van der Waals surface area (Å²) in [4.78, 5) is 5.57. The fraction of sp³-hybridized carbons (Fsp3) is 0.750. The maximum Gasteiger partial charge on any atom is 0.401 e. The highest BCUT2D eigenvalue weighted by Crippen LogP contribution is 2.21. The van der Waals surface area contributed by atoms with Crippen molar-refractivity contribution in [3.05, 3.63) is 11.9 Å². The van der Waals surface area contributed by atoms with E-state index in [-0.39, 0.29) is 6.04 Å². The summed E-state index contributed by atoms with van der Waals surface area (Å²) in [5.74, 6) is 0.394. The first-order valence-electron chi connectivity index (χ1n) is 6.20. The summed E-state index contributed by atoms with van der Waals surface area (Å²) in [7, 11) is 0. The van der Waals surface area contributed by atoms with Crippen molar-refractivity contribution in [3.63, 3.8) is 0 Å². The Morgan fingerprint density at radius 3 is 2.94 bits per heavy atom. The second kappa shape index (κ2) is 5.30. The van der Waals surface area contributed by atoms with E-state index in [4.69, 9.17) is 0 Å². The highest BCUT2D eigenvalue weighted by Gasteiger charge is 2.34. The zero-order valence-corrected chi connectivity index (χ0v) is 10.4. The number of likely N-dealkylation sites (tertiary alicyclic amines) is 1. The van der Waals surface area contributed by atoms with Gasteiger partial charge in [0.1, 0.15) is 0 Å². The van der Waals surface area contributed by atoms with Crippen LogP contribution in [0.1, 0.15) is 19.8 Å². The molecule has 0 aromatic rings. The van der Waals surface area contributed by atoms with Crippen LogP contribution < -0.4 is 5.32 Å². The number of hydrogen-bond acceptors (Lipinski definition) is 3. The van der Waals surface area contributed by atoms with Gasteiger partial charge in [-0.2, -0.15) is 13.2 Å². The van der Waals surface area contributed by atoms with Crippen molar-refractivity contribution < 1.29 is 13.2 Å². The lowest BCUT2D eigenvalue weighted by molar-refractivity contribution is -0.143. The van der Waals surface area contributed by atoms with Crippen LogP contribution in [0.4, 0.5) is 13.2 Å². The molecule has 1 saturated heterocycles. The molecule has 102 valence electrons. The van der Waals surface area contributed by atoms with E-state index in [9.17, 15) is 13.2 Å². The molecule has 0 radical (unpaired) electrons. The van der Waals surface area contributed by atoms with Crippen LogP contribution in [0.2, 0.25) is 0 Å². The molecule has 0 saturated carbocycles. The van der Waals surface area contributed by atoms with Crippen LogP contribution in [0.15, 0.2) is 16.9 Å². The summed E-state index contributed by atoms with van der Waals surface area (Å²) in [6.07, 6.45) is 1.20. The lowest BCUT2D eigenvalue weighted by Crippen LogP contribution is -2.36. The zero-order chi connectivity index (χ0) is 13.2. The third kappa shape index (κ3) is 4.01. The molecule has 3 nitrogen and oxygen atoms in total. The number of allylic oxidation sites excluding steroid dienone is 1. The zero-order valence-electron chi connectivity index (χ0n) is 10.4. The summed E-state index contributed by atoms with van der Waals surface area (Å²) in [6, 6.07) is 0.110. The molecular formula is C12H18F3N3. The van der Waals surface area contributed by atoms with Crippen molar-refractivity contribution in [2.45, 2.75) is 32.0 Å². The van der Waals surface area contributed by atoms with Gasteiger partial charge in [-0.05, 0) is 18.8 Å². The van der Waals surface area contributed by atoms with Gasteiger partial charge in [0.25, 0.3) is 0 Å². The summed E-state index contributed by atoms with van der Waals surface area (Å²) < 4.78 is 36.8. The molecule has 0 spiro atoms. The first-order valence-corrected chi connectivity index (χ1v) is 6.20. The normalized spacial score (nSPS) is 29.4. The van der Waals surface area contributed by atoms with Crippen molar-refractivity contribution in [2.75, 3.05) is 19.6 Å². The lowest BCUT2D eigenvalue weighted by atomic mass is 10.1. The van der Waals surface area contributed by atoms with E-state index in [0.717, 1.165) is 18.5 Å². The number of rotatable bonds is 3. The molecule has 0 amide bonds. The minimum absolute atomic E-state index is 0.110. The molecule has 0 aliphatic carbocycles. The number of halogens is 3. The molecular weight excluding hydrogens is 243 g/mol. The van der Waals surface area contributed by atoms with E-state index >= 15 is 0 Å². The fourth-order valence-corrected chi connectivity index (χ4v) is 2.44. The number of alkyl halides is 3. The molecule has 2 atom stereocenters. The van der Waals surface area contributed by atoms with Gasteiger partial charge in [0.15, 0.2) is 0 Å². The van der Waals surface area contributed by atoms with Gasteiger partial charge in [-0.15, -0.1) is 0 Å². The van der Waals surface area contributed by atoms with Crippen LogP contribution in [0, 0.1) is 5.92 Å². The van der Waals surface area contributed by atoms with Gasteiger partial charge in [-0.1, -0.05) is 6.92 Å². The van der Waals surface area contributed by atoms with Crippen LogP contribution in [-0.4, -0.2) is 43.0 Å². The summed E-state index contributed by atoms with van der Waals surface area (Å²) in [6.45, 7) is 2.22. The fourth-order valence-electron chi connectivity index (χ4n) is 2.44. The highest BCUT2D eigenvalue weighted by atomic mass is 19.4. The number of nitrogens with zero attached hydrogens (tertiary/aromatic N) is 2. The second-order valence-corrected chi connectivity index (χ2v) is 5.11. The first kappa shape index (κ1) is 13.4. The molecule has 0 aromatic carbocycles. The Bertz CT molecular complexity index is 349. The van der Waals surface area contributed by atoms with Crippen molar-refractivity contribution >= 4 is 6.21 Å². The Balaban J connectivity index is 1.79. The quantitative estimate of drug-likeness (QED) is 0.843. The van der Waals surface area contributed by atoms with Crippen molar-refractivity contribution in [1.29, 1.82) is 0 Å². The Labute approximate surface area is 105 Å². The molecule has 2 unspecified atom stereocenters. The third-order valence-electron chi connectivity index (χ3n) is 3.18. The van der Waals surface area contributed by atoms with Gasteiger partial charge in [0.05, 0.1) is 6.54 Å². The van der Waals surface area contributed by atoms with Gasteiger partial charge >= 0.3 is 6.18 Å². The van der Waals surface area contributed by atoms with Crippen molar-refractivity contribution in [1.82, 2.24) is 10.2 Å². The van der Waals surface area contributed by atoms with E-state index in [1.54, 1.807) is 6.20 Å². The van der Waals surface area contributed by atoms with Gasteiger partial charge in [-0.3, -0.25) is 9.89 Å². The van der Waals surface area contributed by atoms with E-state index in [2.05, 4.69) is 17.2 Å². The maximum absolute atomic E-state index is 12.3. The van der Waals surface area contributed by atoms with E-state index < -0.39 is 12.7 Å². The smallest absolute Gasteiger partial charge is 0.383 e. The minimum atomic E-state index is -4.10.